The van der Waals surface area contributed by atoms with Crippen LogP contribution in [0.3, 0.4) is 0 Å². The second-order valence-corrected chi connectivity index (χ2v) is 14.4. The molecule has 6 aromatic heterocycles. The van der Waals surface area contributed by atoms with Gasteiger partial charge in [0.05, 0.1) is 5.69 Å². The van der Waals surface area contributed by atoms with Gasteiger partial charge in [-0.3, -0.25) is 0 Å². The third-order valence-electron chi connectivity index (χ3n) is 11.0. The van der Waals surface area contributed by atoms with Crippen molar-refractivity contribution in [2.24, 2.45) is 0 Å². The average molecular weight is 732 g/mol. The zero-order valence-electron chi connectivity index (χ0n) is 30.3. The molecule has 0 fully saturated rings. The Balaban J connectivity index is 0.881. The lowest BCUT2D eigenvalue weighted by atomic mass is 9.95. The molecule has 0 atom stereocenters. The Bertz CT molecular complexity index is 3550. The normalized spacial score (nSPS) is 11.9. The molecule has 6 heterocycles. The lowest BCUT2D eigenvalue weighted by molar-refractivity contribution is 0.653. The molecule has 57 heavy (non-hydrogen) atoms. The van der Waals surface area contributed by atoms with Crippen LogP contribution in [0.2, 0.25) is 0 Å². The van der Waals surface area contributed by atoms with Crippen molar-refractivity contribution in [3.63, 3.8) is 0 Å². The van der Waals surface area contributed by atoms with Gasteiger partial charge < -0.3 is 13.3 Å². The van der Waals surface area contributed by atoms with Crippen LogP contribution in [0, 0.1) is 0 Å². The van der Waals surface area contributed by atoms with Gasteiger partial charge in [0.15, 0.2) is 5.58 Å². The van der Waals surface area contributed by atoms with E-state index < -0.39 is 0 Å². The molecule has 6 heteroatoms. The number of hydrogen-bond acceptors (Lipinski definition) is 6. The number of nitrogens with zero attached hydrogens (tertiary/aromatic N) is 3. The van der Waals surface area contributed by atoms with E-state index in [0.29, 0.717) is 11.4 Å². The molecule has 6 aromatic carbocycles. The summed E-state index contributed by atoms with van der Waals surface area (Å²) in [6.45, 7) is 0. The molecule has 266 valence electrons. The molecule has 12 rings (SSSR count). The molecule has 12 aromatic rings. The van der Waals surface area contributed by atoms with Gasteiger partial charge in [0.2, 0.25) is 11.4 Å². The van der Waals surface area contributed by atoms with Crippen LogP contribution in [0.5, 0.6) is 0 Å². The van der Waals surface area contributed by atoms with Crippen LogP contribution in [-0.2, 0) is 0 Å². The minimum Gasteiger partial charge on any atom is -0.454 e. The summed E-state index contributed by atoms with van der Waals surface area (Å²) in [6, 6.07) is 57.0. The van der Waals surface area contributed by atoms with Crippen molar-refractivity contribution in [2.75, 3.05) is 0 Å². The van der Waals surface area contributed by atoms with Gasteiger partial charge in [0.1, 0.15) is 22.3 Å². The van der Waals surface area contributed by atoms with Gasteiger partial charge in [-0.1, -0.05) is 72.8 Å². The average Bonchev–Trinajstić information content (AvgIpc) is 3.96. The van der Waals surface area contributed by atoms with Gasteiger partial charge >= 0.3 is 0 Å². The summed E-state index contributed by atoms with van der Waals surface area (Å²) in [5.41, 5.74) is 16.3. The zero-order valence-corrected chi connectivity index (χ0v) is 30.3. The maximum absolute atomic E-state index is 6.30. The molecular formula is C51H29N3O3. The van der Waals surface area contributed by atoms with Gasteiger partial charge in [-0.25, -0.2) is 15.0 Å². The number of aromatic nitrogens is 3. The number of rotatable bonds is 5. The molecule has 0 radical (unpaired) electrons. The van der Waals surface area contributed by atoms with Gasteiger partial charge in [-0.2, -0.15) is 0 Å². The van der Waals surface area contributed by atoms with E-state index in [4.69, 9.17) is 18.2 Å². The van der Waals surface area contributed by atoms with Crippen molar-refractivity contribution in [2.45, 2.75) is 0 Å². The molecule has 0 amide bonds. The van der Waals surface area contributed by atoms with Crippen molar-refractivity contribution in [3.05, 3.63) is 176 Å². The highest BCUT2D eigenvalue weighted by Gasteiger charge is 2.15. The summed E-state index contributed by atoms with van der Waals surface area (Å²) < 4.78 is 18.3. The van der Waals surface area contributed by atoms with Crippen LogP contribution in [0.1, 0.15) is 0 Å². The van der Waals surface area contributed by atoms with Gasteiger partial charge in [-0.15, -0.1) is 0 Å². The summed E-state index contributed by atoms with van der Waals surface area (Å²) in [4.78, 5) is 14.0. The highest BCUT2D eigenvalue weighted by Crippen LogP contribution is 2.38. The minimum atomic E-state index is 0.650. The Hall–Kier alpha value is -7.83. The predicted molar refractivity (Wildman–Crippen MR) is 229 cm³/mol. The molecule has 0 unspecified atom stereocenters. The monoisotopic (exact) mass is 731 g/mol. The standard InChI is InChI=1S/C51H29N3O3/c1-6-30(24-32(8-1)35-14-18-45-41(27-35)39-12-4-22-52-50(39)56-45)31-7-2-9-33(25-31)37-16-20-47-43(29-37)49-48(55-47)21-17-44(54-49)38-11-3-10-34(26-38)36-15-19-46-42(28-36)40-13-5-23-53-51(40)57-46/h1-29H. The van der Waals surface area contributed by atoms with Crippen LogP contribution in [-0.4, -0.2) is 15.0 Å². The number of furan rings is 3. The quantitative estimate of drug-likeness (QED) is 0.175. The Morgan fingerprint density at radius 1 is 0.298 bits per heavy atom. The first-order valence-corrected chi connectivity index (χ1v) is 18.9. The molecule has 0 bridgehead atoms. The van der Waals surface area contributed by atoms with Crippen molar-refractivity contribution in [1.29, 1.82) is 0 Å². The first-order valence-electron chi connectivity index (χ1n) is 18.9. The third kappa shape index (κ3) is 5.23. The second kappa shape index (κ2) is 12.3. The van der Waals surface area contributed by atoms with Crippen molar-refractivity contribution < 1.29 is 13.3 Å². The summed E-state index contributed by atoms with van der Waals surface area (Å²) in [5, 5.41) is 5.13. The summed E-state index contributed by atoms with van der Waals surface area (Å²) in [7, 11) is 0. The molecule has 6 nitrogen and oxygen atoms in total. The summed E-state index contributed by atoms with van der Waals surface area (Å²) in [5.74, 6) is 0. The Morgan fingerprint density at radius 2 is 0.719 bits per heavy atom. The molecule has 0 N–H and O–H groups in total. The van der Waals surface area contributed by atoms with Crippen LogP contribution in [0.25, 0.3) is 122 Å². The van der Waals surface area contributed by atoms with E-state index in [0.717, 1.165) is 111 Å². The Kier molecular flexibility index (Phi) is 6.83. The fourth-order valence-electron chi connectivity index (χ4n) is 8.18. The van der Waals surface area contributed by atoms with Gasteiger partial charge in [0, 0.05) is 44.9 Å². The SMILES string of the molecule is c1cc(-c2cccc(-c3ccc4oc5ccc(-c6cccc(-c7ccc8oc9ncccc9c8c7)c6)nc5c4c3)c2)cc(-c2ccc3oc4ncccc4c3c2)c1. The van der Waals surface area contributed by atoms with Gasteiger partial charge in [-0.05, 0) is 136 Å². The van der Waals surface area contributed by atoms with E-state index in [1.54, 1.807) is 12.4 Å². The van der Waals surface area contributed by atoms with E-state index in [1.165, 1.54) is 0 Å². The lowest BCUT2D eigenvalue weighted by Crippen LogP contribution is -1.86. The van der Waals surface area contributed by atoms with E-state index >= 15 is 0 Å². The molecular weight excluding hydrogens is 703 g/mol. The summed E-state index contributed by atoms with van der Waals surface area (Å²) >= 11 is 0. The van der Waals surface area contributed by atoms with E-state index in [2.05, 4.69) is 131 Å². The van der Waals surface area contributed by atoms with E-state index in [-0.39, 0.29) is 0 Å². The Morgan fingerprint density at radius 3 is 1.25 bits per heavy atom. The molecule has 0 saturated heterocycles. The zero-order chi connectivity index (χ0) is 37.5. The third-order valence-corrected chi connectivity index (χ3v) is 11.0. The first-order chi connectivity index (χ1) is 28.2. The number of hydrogen-bond donors (Lipinski definition) is 0. The van der Waals surface area contributed by atoms with Crippen LogP contribution in [0.4, 0.5) is 0 Å². The highest BCUT2D eigenvalue weighted by molar-refractivity contribution is 6.07. The smallest absolute Gasteiger partial charge is 0.227 e. The maximum Gasteiger partial charge on any atom is 0.227 e. The topological polar surface area (TPSA) is 78.1 Å². The molecule has 0 aliphatic heterocycles. The molecule has 0 spiro atoms. The molecule has 0 aliphatic carbocycles. The summed E-state index contributed by atoms with van der Waals surface area (Å²) in [6.07, 6.45) is 3.52. The fraction of sp³-hybridized carbons (Fsp3) is 0. The minimum absolute atomic E-state index is 0.650. The first kappa shape index (κ1) is 31.5. The largest absolute Gasteiger partial charge is 0.454 e. The maximum atomic E-state index is 6.30. The van der Waals surface area contributed by atoms with Crippen LogP contribution >= 0.6 is 0 Å². The van der Waals surface area contributed by atoms with E-state index in [1.807, 2.05) is 42.5 Å². The van der Waals surface area contributed by atoms with Crippen molar-refractivity contribution in [3.8, 4) is 55.8 Å². The van der Waals surface area contributed by atoms with Crippen LogP contribution < -0.4 is 0 Å². The Labute approximate surface area is 325 Å². The van der Waals surface area contributed by atoms with Gasteiger partial charge in [0.25, 0.3) is 0 Å². The van der Waals surface area contributed by atoms with Crippen molar-refractivity contribution >= 4 is 66.2 Å². The number of pyridine rings is 3. The fourth-order valence-corrected chi connectivity index (χ4v) is 8.18. The second-order valence-electron chi connectivity index (χ2n) is 14.4. The molecule has 0 saturated carbocycles. The number of fused-ring (bicyclic) bond motifs is 9. The van der Waals surface area contributed by atoms with E-state index in [9.17, 15) is 0 Å². The predicted octanol–water partition coefficient (Wildman–Crippen LogP) is 13.9. The van der Waals surface area contributed by atoms with Crippen molar-refractivity contribution in [1.82, 2.24) is 15.0 Å². The lowest BCUT2D eigenvalue weighted by Gasteiger charge is -2.09. The molecule has 0 aliphatic rings. The number of benzene rings is 6. The highest BCUT2D eigenvalue weighted by atomic mass is 16.3. The van der Waals surface area contributed by atoms with Crippen LogP contribution in [0.15, 0.2) is 189 Å².